The van der Waals surface area contributed by atoms with E-state index in [9.17, 15) is 0 Å². The summed E-state index contributed by atoms with van der Waals surface area (Å²) in [5, 5.41) is 0. The number of hydrogen-bond acceptors (Lipinski definition) is 0. The molecule has 0 aliphatic carbocycles. The van der Waals surface area contributed by atoms with Crippen molar-refractivity contribution in [3.8, 4) is 11.8 Å². The van der Waals surface area contributed by atoms with Gasteiger partial charge in [-0.05, 0) is 6.42 Å². The van der Waals surface area contributed by atoms with Crippen LogP contribution >= 0.6 is 0 Å². The maximum absolute atomic E-state index is 3.91. The normalized spacial score (nSPS) is 10.8. The molecule has 0 nitrogen and oxygen atoms in total. The molecule has 0 heteroatoms. The molecule has 0 unspecified atom stereocenters. The lowest BCUT2D eigenvalue weighted by Gasteiger charge is -2.04. The Morgan fingerprint density at radius 2 is 0.586 bits per heavy atom. The van der Waals surface area contributed by atoms with Crippen LogP contribution in [0.1, 0.15) is 161 Å². The Balaban J connectivity index is 2.99. The second kappa shape index (κ2) is 27.6. The molecule has 0 bridgehead atoms. The molecule has 0 amide bonds. The van der Waals surface area contributed by atoms with E-state index in [-0.39, 0.29) is 0 Å². The highest BCUT2D eigenvalue weighted by atomic mass is 14.0. The van der Waals surface area contributed by atoms with Crippen molar-refractivity contribution >= 4 is 0 Å². The highest BCUT2D eigenvalue weighted by Gasteiger charge is 1.96. The zero-order valence-corrected chi connectivity index (χ0v) is 20.1. The van der Waals surface area contributed by atoms with Gasteiger partial charge in [0.1, 0.15) is 0 Å². The fourth-order valence-electron chi connectivity index (χ4n) is 4.19. The number of hydrogen-bond donors (Lipinski definition) is 0. The Morgan fingerprint density at radius 3 is 0.828 bits per heavy atom. The van der Waals surface area contributed by atoms with E-state index in [4.69, 9.17) is 0 Å². The summed E-state index contributed by atoms with van der Waals surface area (Å²) < 4.78 is 0. The third-order valence-corrected chi connectivity index (χ3v) is 6.18. The minimum absolute atomic E-state index is 1.04. The Kier molecular flexibility index (Phi) is 27.1. The smallest absolute Gasteiger partial charge is 0.0198 e. The van der Waals surface area contributed by atoms with E-state index in [0.717, 1.165) is 12.8 Å². The molecule has 170 valence electrons. The van der Waals surface area contributed by atoms with Crippen molar-refractivity contribution in [2.75, 3.05) is 0 Å². The van der Waals surface area contributed by atoms with Crippen LogP contribution in [0.4, 0.5) is 0 Å². The van der Waals surface area contributed by atoms with Crippen LogP contribution in [0.5, 0.6) is 0 Å². The standard InChI is InChI=1S/C29H54/c1-3-5-7-9-11-13-15-17-19-21-23-25-27-29-28-26-24-22-20-18-16-14-12-10-8-6-4-2/h1-3,5,7-29H2. The average Bonchev–Trinajstić information content (AvgIpc) is 2.74. The molecular weight excluding hydrogens is 348 g/mol. The fourth-order valence-corrected chi connectivity index (χ4v) is 4.19. The minimum Gasteiger partial charge on any atom is -0.103 e. The average molecular weight is 403 g/mol. The van der Waals surface area contributed by atoms with Gasteiger partial charge in [-0.15, -0.1) is 11.8 Å². The predicted octanol–water partition coefficient (Wildman–Crippen LogP) is 10.4. The van der Waals surface area contributed by atoms with Crippen LogP contribution in [-0.2, 0) is 0 Å². The summed E-state index contributed by atoms with van der Waals surface area (Å²) in [6, 6.07) is 0. The summed E-state index contributed by atoms with van der Waals surface area (Å²) in [7, 11) is 0. The molecule has 0 spiro atoms. The summed E-state index contributed by atoms with van der Waals surface area (Å²) in [5.41, 5.74) is 0. The lowest BCUT2D eigenvalue weighted by molar-refractivity contribution is 0.517. The molecule has 0 aliphatic heterocycles. The van der Waals surface area contributed by atoms with E-state index in [1.165, 1.54) is 148 Å². The molecule has 0 aromatic heterocycles. The molecule has 29 heavy (non-hydrogen) atoms. The van der Waals surface area contributed by atoms with Crippen molar-refractivity contribution in [3.63, 3.8) is 0 Å². The molecule has 2 radical (unpaired) electrons. The van der Waals surface area contributed by atoms with Gasteiger partial charge in [0.2, 0.25) is 0 Å². The number of unbranched alkanes of at least 4 members (excludes halogenated alkanes) is 24. The Bertz CT molecular complexity index is 332. The third kappa shape index (κ3) is 27.6. The molecular formula is C29H54. The maximum atomic E-state index is 3.91. The Labute approximate surface area is 186 Å². The van der Waals surface area contributed by atoms with E-state index < -0.39 is 0 Å². The monoisotopic (exact) mass is 402 g/mol. The molecule has 0 fully saturated rings. The summed E-state index contributed by atoms with van der Waals surface area (Å²) >= 11 is 0. The molecule has 0 aliphatic rings. The molecule has 0 atom stereocenters. The molecule has 0 saturated heterocycles. The van der Waals surface area contributed by atoms with Crippen LogP contribution in [0.25, 0.3) is 0 Å². The summed E-state index contributed by atoms with van der Waals surface area (Å²) in [6.07, 6.45) is 35.3. The first-order valence-electron chi connectivity index (χ1n) is 13.5. The minimum atomic E-state index is 1.04. The second-order valence-electron chi connectivity index (χ2n) is 9.09. The van der Waals surface area contributed by atoms with E-state index in [1.54, 1.807) is 0 Å². The lowest BCUT2D eigenvalue weighted by atomic mass is 10.0. The first-order chi connectivity index (χ1) is 14.4. The van der Waals surface area contributed by atoms with Gasteiger partial charge in [-0.3, -0.25) is 0 Å². The summed E-state index contributed by atoms with van der Waals surface area (Å²) in [5.74, 6) is 5.78. The molecule has 0 saturated carbocycles. The van der Waals surface area contributed by atoms with Crippen LogP contribution in [-0.4, -0.2) is 0 Å². The van der Waals surface area contributed by atoms with Crippen molar-refractivity contribution < 1.29 is 0 Å². The van der Waals surface area contributed by atoms with E-state index in [2.05, 4.69) is 25.7 Å². The lowest BCUT2D eigenvalue weighted by Crippen LogP contribution is -1.84. The predicted molar refractivity (Wildman–Crippen MR) is 134 cm³/mol. The van der Waals surface area contributed by atoms with Gasteiger partial charge in [0.25, 0.3) is 0 Å². The van der Waals surface area contributed by atoms with Gasteiger partial charge >= 0.3 is 0 Å². The van der Waals surface area contributed by atoms with Gasteiger partial charge in [-0.2, -0.15) is 0 Å². The van der Waals surface area contributed by atoms with E-state index in [0.29, 0.717) is 0 Å². The maximum Gasteiger partial charge on any atom is 0.0198 e. The van der Waals surface area contributed by atoms with Crippen molar-refractivity contribution in [1.29, 1.82) is 0 Å². The zero-order chi connectivity index (χ0) is 21.1. The fraction of sp³-hybridized carbons (Fsp3) is 0.862. The molecule has 0 heterocycles. The van der Waals surface area contributed by atoms with Crippen LogP contribution in [0.2, 0.25) is 0 Å². The highest BCUT2D eigenvalue weighted by Crippen LogP contribution is 2.15. The van der Waals surface area contributed by atoms with E-state index >= 15 is 0 Å². The first kappa shape index (κ1) is 28.6. The SMILES string of the molecule is [CH2]C#CCCCCCCCCCCCCCCCCCCCCCCCCC[CH2]. The second-order valence-corrected chi connectivity index (χ2v) is 9.09. The van der Waals surface area contributed by atoms with Gasteiger partial charge in [-0.25, -0.2) is 0 Å². The van der Waals surface area contributed by atoms with Gasteiger partial charge in [0.15, 0.2) is 0 Å². The molecule has 0 aromatic rings. The van der Waals surface area contributed by atoms with Gasteiger partial charge in [0.05, 0.1) is 0 Å². The topological polar surface area (TPSA) is 0 Å². The van der Waals surface area contributed by atoms with Gasteiger partial charge < -0.3 is 0 Å². The summed E-state index contributed by atoms with van der Waals surface area (Å²) in [4.78, 5) is 0. The zero-order valence-electron chi connectivity index (χ0n) is 20.1. The van der Waals surface area contributed by atoms with Crippen molar-refractivity contribution in [2.24, 2.45) is 0 Å². The highest BCUT2D eigenvalue weighted by molar-refractivity contribution is 5.00. The van der Waals surface area contributed by atoms with Crippen molar-refractivity contribution in [1.82, 2.24) is 0 Å². The van der Waals surface area contributed by atoms with Crippen molar-refractivity contribution in [2.45, 2.75) is 161 Å². The Hall–Kier alpha value is -0.440. The first-order valence-corrected chi connectivity index (χ1v) is 13.5. The largest absolute Gasteiger partial charge is 0.103 e. The van der Waals surface area contributed by atoms with Crippen LogP contribution < -0.4 is 0 Å². The molecule has 0 aromatic carbocycles. The Morgan fingerprint density at radius 1 is 0.345 bits per heavy atom. The van der Waals surface area contributed by atoms with Crippen LogP contribution in [0, 0.1) is 25.7 Å². The van der Waals surface area contributed by atoms with Gasteiger partial charge in [0, 0.05) is 13.3 Å². The van der Waals surface area contributed by atoms with Crippen LogP contribution in [0.3, 0.4) is 0 Å². The quantitative estimate of drug-likeness (QED) is 0.111. The molecule has 0 rings (SSSR count). The van der Waals surface area contributed by atoms with Crippen molar-refractivity contribution in [3.05, 3.63) is 13.8 Å². The van der Waals surface area contributed by atoms with Gasteiger partial charge in [-0.1, -0.05) is 155 Å². The molecule has 0 N–H and O–H groups in total. The van der Waals surface area contributed by atoms with Crippen LogP contribution in [0.15, 0.2) is 0 Å². The third-order valence-electron chi connectivity index (χ3n) is 6.18. The summed E-state index contributed by atoms with van der Waals surface area (Å²) in [6.45, 7) is 7.47. The van der Waals surface area contributed by atoms with E-state index in [1.807, 2.05) is 0 Å². The number of rotatable bonds is 24.